The largest absolute Gasteiger partial charge is 0.417 e. The van der Waals surface area contributed by atoms with Crippen molar-refractivity contribution in [2.45, 2.75) is 25.4 Å². The molecule has 0 saturated carbocycles. The van der Waals surface area contributed by atoms with E-state index < -0.39 is 17.6 Å². The third-order valence-corrected chi connectivity index (χ3v) is 6.95. The van der Waals surface area contributed by atoms with E-state index in [-0.39, 0.29) is 36.5 Å². The first kappa shape index (κ1) is 25.8. The van der Waals surface area contributed by atoms with Crippen LogP contribution in [0.5, 0.6) is 0 Å². The van der Waals surface area contributed by atoms with Crippen LogP contribution in [0.2, 0.25) is 0 Å². The van der Waals surface area contributed by atoms with Gasteiger partial charge in [0.2, 0.25) is 5.91 Å². The van der Waals surface area contributed by atoms with Crippen molar-refractivity contribution < 1.29 is 32.6 Å². The lowest BCUT2D eigenvalue weighted by Crippen LogP contribution is -2.48. The topological polar surface area (TPSA) is 105 Å². The van der Waals surface area contributed by atoms with Crippen molar-refractivity contribution in [1.29, 1.82) is 0 Å². The normalized spacial score (nSPS) is 19.1. The van der Waals surface area contributed by atoms with Gasteiger partial charge in [-0.05, 0) is 54.3 Å². The van der Waals surface area contributed by atoms with E-state index in [2.05, 4.69) is 15.3 Å². The molecule has 2 aromatic heterocycles. The Labute approximate surface area is 216 Å². The number of aliphatic hydroxyl groups is 1. The van der Waals surface area contributed by atoms with Crippen LogP contribution in [0.15, 0.2) is 48.9 Å². The highest BCUT2D eigenvalue weighted by Crippen LogP contribution is 2.44. The fourth-order valence-corrected chi connectivity index (χ4v) is 5.03. The van der Waals surface area contributed by atoms with Gasteiger partial charge in [-0.3, -0.25) is 19.5 Å². The molecule has 0 spiro atoms. The second kappa shape index (κ2) is 10.1. The van der Waals surface area contributed by atoms with E-state index in [4.69, 9.17) is 4.74 Å². The number of nitrogens with one attached hydrogen (secondary N) is 1. The summed E-state index contributed by atoms with van der Waals surface area (Å²) in [5.41, 5.74) is 2.51. The van der Waals surface area contributed by atoms with Crippen molar-refractivity contribution >= 4 is 23.3 Å². The van der Waals surface area contributed by atoms with Crippen molar-refractivity contribution in [3.05, 3.63) is 71.2 Å². The number of aliphatic hydroxyl groups excluding tert-OH is 1. The Balaban J connectivity index is 1.47. The van der Waals surface area contributed by atoms with Gasteiger partial charge in [0.15, 0.2) is 0 Å². The minimum absolute atomic E-state index is 0.0646. The molecule has 198 valence electrons. The molecule has 0 aliphatic carbocycles. The molecule has 1 fully saturated rings. The zero-order chi connectivity index (χ0) is 27.0. The van der Waals surface area contributed by atoms with Gasteiger partial charge >= 0.3 is 6.18 Å². The Bertz CT molecular complexity index is 1390. The summed E-state index contributed by atoms with van der Waals surface area (Å²) < 4.78 is 44.7. The Morgan fingerprint density at radius 3 is 2.76 bits per heavy atom. The van der Waals surface area contributed by atoms with Gasteiger partial charge in [-0.2, -0.15) is 13.2 Å². The van der Waals surface area contributed by atoms with Crippen LogP contribution in [-0.2, 0) is 15.7 Å². The Morgan fingerprint density at radius 2 is 2.00 bits per heavy atom. The molecular formula is C27H25F3N4O4. The summed E-state index contributed by atoms with van der Waals surface area (Å²) in [5, 5.41) is 12.2. The fraction of sp³-hybridized carbons (Fsp3) is 0.333. The van der Waals surface area contributed by atoms with E-state index in [9.17, 15) is 27.9 Å². The molecule has 2 N–H and O–H groups in total. The van der Waals surface area contributed by atoms with Crippen LogP contribution >= 0.6 is 0 Å². The number of halogens is 3. The SMILES string of the molecule is Cc1ccc(NC(=O)c2cncc(C(F)(F)F)c2)cc1-c1cnc2c(c1)[C@@H]1CCOC[C@H]1C(=O)N2CCO. The molecule has 2 amide bonds. The molecule has 11 heteroatoms. The lowest BCUT2D eigenvalue weighted by molar-refractivity contribution is -0.137. The van der Waals surface area contributed by atoms with E-state index >= 15 is 0 Å². The second-order valence-electron chi connectivity index (χ2n) is 9.37. The van der Waals surface area contributed by atoms with Crippen LogP contribution < -0.4 is 10.2 Å². The Morgan fingerprint density at radius 1 is 1.18 bits per heavy atom. The average Bonchev–Trinajstić information content (AvgIpc) is 2.91. The molecule has 2 aliphatic rings. The van der Waals surface area contributed by atoms with Crippen LogP contribution in [0.1, 0.15) is 39.4 Å². The summed E-state index contributed by atoms with van der Waals surface area (Å²) in [5.74, 6) is -0.723. The van der Waals surface area contributed by atoms with Crippen molar-refractivity contribution in [2.24, 2.45) is 5.92 Å². The predicted molar refractivity (Wildman–Crippen MR) is 133 cm³/mol. The fourth-order valence-electron chi connectivity index (χ4n) is 5.03. The van der Waals surface area contributed by atoms with E-state index in [0.717, 1.165) is 34.5 Å². The molecule has 4 heterocycles. The maximum absolute atomic E-state index is 13.0. The summed E-state index contributed by atoms with van der Waals surface area (Å²) in [6.45, 7) is 2.67. The molecule has 0 bridgehead atoms. The maximum Gasteiger partial charge on any atom is 0.417 e. The highest BCUT2D eigenvalue weighted by Gasteiger charge is 2.42. The first-order chi connectivity index (χ1) is 18.2. The van der Waals surface area contributed by atoms with E-state index in [1.165, 1.54) is 4.90 Å². The van der Waals surface area contributed by atoms with Crippen molar-refractivity contribution in [3.8, 4) is 11.1 Å². The number of rotatable bonds is 5. The summed E-state index contributed by atoms with van der Waals surface area (Å²) in [6.07, 6.45) is -0.554. The molecular weight excluding hydrogens is 501 g/mol. The number of hydrogen-bond donors (Lipinski definition) is 2. The van der Waals surface area contributed by atoms with E-state index in [1.54, 1.807) is 24.4 Å². The molecule has 8 nitrogen and oxygen atoms in total. The number of fused-ring (bicyclic) bond motifs is 3. The van der Waals surface area contributed by atoms with Crippen molar-refractivity contribution in [3.63, 3.8) is 0 Å². The minimum atomic E-state index is -4.61. The molecule has 3 aromatic rings. The monoisotopic (exact) mass is 526 g/mol. The first-order valence-electron chi connectivity index (χ1n) is 12.1. The summed E-state index contributed by atoms with van der Waals surface area (Å²) in [6, 6.07) is 7.94. The number of nitrogens with zero attached hydrogens (tertiary/aromatic N) is 3. The Hall–Kier alpha value is -3.83. The molecule has 2 aliphatic heterocycles. The number of carbonyl (C=O) groups is 2. The summed E-state index contributed by atoms with van der Waals surface area (Å²) >= 11 is 0. The van der Waals surface area contributed by atoms with Crippen LogP contribution in [0.3, 0.4) is 0 Å². The van der Waals surface area contributed by atoms with Gasteiger partial charge in [0.25, 0.3) is 5.91 Å². The number of β-amino-alcohol motifs (C(OH)–C–C–N with tert-alkyl or cyclic N) is 1. The molecule has 0 unspecified atom stereocenters. The van der Waals surface area contributed by atoms with Gasteiger partial charge in [0.1, 0.15) is 5.82 Å². The standard InChI is InChI=1S/C27H25F3N4O4/c1-15-2-3-19(33-25(36)17-8-18(13-31-11-17)27(28,29)30)10-21(15)16-9-22-20-4-7-38-14-23(20)26(37)34(5-6-35)24(22)32-12-16/h2-3,8-13,20,23,35H,4-7,14H2,1H3,(H,33,36)/t20-,23+/m0/s1. The number of alkyl halides is 3. The van der Waals surface area contributed by atoms with Gasteiger partial charge in [-0.25, -0.2) is 4.98 Å². The smallest absolute Gasteiger partial charge is 0.395 e. The molecule has 5 rings (SSSR count). The van der Waals surface area contributed by atoms with E-state index in [0.29, 0.717) is 37.3 Å². The van der Waals surface area contributed by atoms with Gasteiger partial charge in [-0.15, -0.1) is 0 Å². The summed E-state index contributed by atoms with van der Waals surface area (Å²) in [7, 11) is 0. The minimum Gasteiger partial charge on any atom is -0.395 e. The quantitative estimate of drug-likeness (QED) is 0.517. The molecule has 38 heavy (non-hydrogen) atoms. The van der Waals surface area contributed by atoms with E-state index in [1.807, 2.05) is 13.0 Å². The van der Waals surface area contributed by atoms with Crippen molar-refractivity contribution in [2.75, 3.05) is 36.6 Å². The molecule has 2 atom stereocenters. The first-order valence-corrected chi connectivity index (χ1v) is 12.1. The van der Waals surface area contributed by atoms with Crippen LogP contribution in [0, 0.1) is 12.8 Å². The van der Waals surface area contributed by atoms with Crippen LogP contribution in [0.4, 0.5) is 24.7 Å². The predicted octanol–water partition coefficient (Wildman–Crippen LogP) is 4.18. The molecule has 0 radical (unpaired) electrons. The van der Waals surface area contributed by atoms with Crippen LogP contribution in [0.25, 0.3) is 11.1 Å². The zero-order valence-electron chi connectivity index (χ0n) is 20.5. The number of anilines is 2. The number of benzene rings is 1. The number of pyridine rings is 2. The maximum atomic E-state index is 13.0. The summed E-state index contributed by atoms with van der Waals surface area (Å²) in [4.78, 5) is 35.4. The third kappa shape index (κ3) is 4.86. The lowest BCUT2D eigenvalue weighted by atomic mass is 9.78. The van der Waals surface area contributed by atoms with Crippen LogP contribution in [-0.4, -0.2) is 53.3 Å². The highest BCUT2D eigenvalue weighted by molar-refractivity contribution is 6.04. The number of aromatic nitrogens is 2. The molecule has 1 saturated heterocycles. The second-order valence-corrected chi connectivity index (χ2v) is 9.37. The number of aryl methyl sites for hydroxylation is 1. The third-order valence-electron chi connectivity index (χ3n) is 6.95. The van der Waals surface area contributed by atoms with Gasteiger partial charge in [0.05, 0.1) is 36.8 Å². The molecule has 1 aromatic carbocycles. The van der Waals surface area contributed by atoms with Gasteiger partial charge in [0, 0.05) is 42.4 Å². The van der Waals surface area contributed by atoms with Gasteiger partial charge in [-0.1, -0.05) is 6.07 Å². The van der Waals surface area contributed by atoms with Crippen molar-refractivity contribution in [1.82, 2.24) is 9.97 Å². The number of ether oxygens (including phenoxy) is 1. The number of amides is 2. The number of hydrogen-bond acceptors (Lipinski definition) is 6. The zero-order valence-corrected chi connectivity index (χ0v) is 20.5. The number of carbonyl (C=O) groups excluding carboxylic acids is 2. The average molecular weight is 527 g/mol. The lowest BCUT2D eigenvalue weighted by Gasteiger charge is -2.40. The highest BCUT2D eigenvalue weighted by atomic mass is 19.4. The van der Waals surface area contributed by atoms with Gasteiger partial charge < -0.3 is 15.2 Å². The Kier molecular flexibility index (Phi) is 6.89.